The summed E-state index contributed by atoms with van der Waals surface area (Å²) in [7, 11) is 0. The van der Waals surface area contributed by atoms with Gasteiger partial charge in [-0.25, -0.2) is 4.79 Å². The second kappa shape index (κ2) is 9.85. The Kier molecular flexibility index (Phi) is 6.97. The van der Waals surface area contributed by atoms with E-state index in [-0.39, 0.29) is 0 Å². The summed E-state index contributed by atoms with van der Waals surface area (Å²) in [6.45, 7) is 2.40. The Morgan fingerprint density at radius 3 is 2.71 bits per heavy atom. The molecular formula is C21H25N3O4. The number of piperidine rings is 1. The third kappa shape index (κ3) is 5.79. The molecule has 2 heterocycles. The number of carbonyl (C=O) groups is 2. The van der Waals surface area contributed by atoms with Crippen LogP contribution in [-0.2, 0) is 11.4 Å². The molecule has 0 bridgehead atoms. The molecule has 1 aliphatic rings. The number of carboxylic acid groups (broad SMARTS) is 1. The second-order valence-corrected chi connectivity index (χ2v) is 6.90. The van der Waals surface area contributed by atoms with Crippen molar-refractivity contribution in [3.05, 3.63) is 59.9 Å². The fourth-order valence-corrected chi connectivity index (χ4v) is 3.20. The number of ether oxygens (including phenoxy) is 1. The summed E-state index contributed by atoms with van der Waals surface area (Å²) >= 11 is 0. The van der Waals surface area contributed by atoms with Crippen LogP contribution in [0.15, 0.2) is 48.8 Å². The lowest BCUT2D eigenvalue weighted by Crippen LogP contribution is -2.49. The molecule has 1 aliphatic heterocycles. The molecule has 148 valence electrons. The van der Waals surface area contributed by atoms with Gasteiger partial charge in [-0.1, -0.05) is 18.6 Å². The number of nitrogens with zero attached hydrogens (tertiary/aromatic N) is 2. The number of benzene rings is 1. The first-order valence-electron chi connectivity index (χ1n) is 9.49. The first-order valence-corrected chi connectivity index (χ1v) is 9.49. The summed E-state index contributed by atoms with van der Waals surface area (Å²) in [6.07, 6.45) is 6.71. The van der Waals surface area contributed by atoms with Crippen LogP contribution in [0.2, 0.25) is 0 Å². The minimum absolute atomic E-state index is 0.318. The molecule has 1 fully saturated rings. The van der Waals surface area contributed by atoms with Gasteiger partial charge in [-0.05, 0) is 50.2 Å². The van der Waals surface area contributed by atoms with Gasteiger partial charge in [0.2, 0.25) is 0 Å². The maximum atomic E-state index is 12.6. The molecule has 1 atom stereocenters. The first-order chi connectivity index (χ1) is 13.6. The average molecular weight is 383 g/mol. The molecule has 1 saturated heterocycles. The molecule has 0 aliphatic carbocycles. The molecule has 1 aromatic carbocycles. The highest BCUT2D eigenvalue weighted by Gasteiger charge is 2.24. The highest BCUT2D eigenvalue weighted by molar-refractivity contribution is 5.96. The standard InChI is InChI=1S/C21H25N3O4/c25-20(23-19(21(26)27)14-24-10-2-1-3-11-24)17-7-4-8-18(12-17)28-15-16-6-5-9-22-13-16/h4-9,12-13,19H,1-3,10-11,14-15H2,(H,23,25)(H,26,27). The van der Waals surface area contributed by atoms with Crippen molar-refractivity contribution in [1.82, 2.24) is 15.2 Å². The number of aromatic nitrogens is 1. The van der Waals surface area contributed by atoms with E-state index in [2.05, 4.69) is 15.2 Å². The van der Waals surface area contributed by atoms with Crippen molar-refractivity contribution in [2.75, 3.05) is 19.6 Å². The smallest absolute Gasteiger partial charge is 0.327 e. The maximum Gasteiger partial charge on any atom is 0.327 e. The van der Waals surface area contributed by atoms with Gasteiger partial charge in [-0.15, -0.1) is 0 Å². The molecule has 3 rings (SSSR count). The van der Waals surface area contributed by atoms with Crippen LogP contribution in [0.25, 0.3) is 0 Å². The minimum atomic E-state index is -1.03. The summed E-state index contributed by atoms with van der Waals surface area (Å²) in [5, 5.41) is 12.1. The molecular weight excluding hydrogens is 358 g/mol. The van der Waals surface area contributed by atoms with Crippen LogP contribution in [0.5, 0.6) is 5.75 Å². The van der Waals surface area contributed by atoms with Crippen LogP contribution in [0.1, 0.15) is 35.2 Å². The van der Waals surface area contributed by atoms with Gasteiger partial charge in [0.05, 0.1) is 0 Å². The Bertz CT molecular complexity index is 791. The van der Waals surface area contributed by atoms with Crippen LogP contribution in [0.3, 0.4) is 0 Å². The number of hydrogen-bond donors (Lipinski definition) is 2. The van der Waals surface area contributed by atoms with E-state index in [0.717, 1.165) is 31.5 Å². The maximum absolute atomic E-state index is 12.6. The van der Waals surface area contributed by atoms with Gasteiger partial charge < -0.3 is 20.1 Å². The fourth-order valence-electron chi connectivity index (χ4n) is 3.20. The van der Waals surface area contributed by atoms with E-state index in [1.807, 2.05) is 12.1 Å². The van der Waals surface area contributed by atoms with Crippen LogP contribution >= 0.6 is 0 Å². The lowest BCUT2D eigenvalue weighted by Gasteiger charge is -2.29. The topological polar surface area (TPSA) is 91.8 Å². The largest absolute Gasteiger partial charge is 0.489 e. The first kappa shape index (κ1) is 19.8. The molecule has 2 aromatic rings. The minimum Gasteiger partial charge on any atom is -0.489 e. The SMILES string of the molecule is O=C(NC(CN1CCCCC1)C(=O)O)c1cccc(OCc2cccnc2)c1. The monoisotopic (exact) mass is 383 g/mol. The third-order valence-corrected chi connectivity index (χ3v) is 4.72. The van der Waals surface area contributed by atoms with E-state index < -0.39 is 17.9 Å². The summed E-state index contributed by atoms with van der Waals surface area (Å²) in [6, 6.07) is 9.53. The van der Waals surface area contributed by atoms with E-state index in [1.54, 1.807) is 36.7 Å². The summed E-state index contributed by atoms with van der Waals surface area (Å²) in [4.78, 5) is 30.3. The molecule has 0 radical (unpaired) electrons. The van der Waals surface area contributed by atoms with Crippen molar-refractivity contribution in [2.24, 2.45) is 0 Å². The van der Waals surface area contributed by atoms with E-state index in [4.69, 9.17) is 4.74 Å². The molecule has 7 nitrogen and oxygen atoms in total. The van der Waals surface area contributed by atoms with Gasteiger partial charge in [0.15, 0.2) is 0 Å². The van der Waals surface area contributed by atoms with Crippen molar-refractivity contribution in [1.29, 1.82) is 0 Å². The highest BCUT2D eigenvalue weighted by Crippen LogP contribution is 2.16. The molecule has 2 N–H and O–H groups in total. The summed E-state index contributed by atoms with van der Waals surface area (Å²) < 4.78 is 5.71. The van der Waals surface area contributed by atoms with Crippen molar-refractivity contribution in [2.45, 2.75) is 31.9 Å². The van der Waals surface area contributed by atoms with Crippen molar-refractivity contribution >= 4 is 11.9 Å². The Hall–Kier alpha value is -2.93. The molecule has 28 heavy (non-hydrogen) atoms. The molecule has 1 unspecified atom stereocenters. The van der Waals surface area contributed by atoms with Gasteiger partial charge in [0, 0.05) is 30.1 Å². The van der Waals surface area contributed by atoms with Crippen molar-refractivity contribution < 1.29 is 19.4 Å². The lowest BCUT2D eigenvalue weighted by molar-refractivity contribution is -0.139. The van der Waals surface area contributed by atoms with Gasteiger partial charge in [0.1, 0.15) is 18.4 Å². The zero-order valence-electron chi connectivity index (χ0n) is 15.7. The lowest BCUT2D eigenvalue weighted by atomic mass is 10.1. The Morgan fingerprint density at radius 1 is 1.18 bits per heavy atom. The number of likely N-dealkylation sites (tertiary alicyclic amines) is 1. The van der Waals surface area contributed by atoms with Crippen LogP contribution in [0, 0.1) is 0 Å². The second-order valence-electron chi connectivity index (χ2n) is 6.90. The summed E-state index contributed by atoms with van der Waals surface area (Å²) in [5.41, 5.74) is 1.29. The Labute approximate surface area is 164 Å². The number of carbonyl (C=O) groups excluding carboxylic acids is 1. The summed E-state index contributed by atoms with van der Waals surface area (Å²) in [5.74, 6) is -0.904. The third-order valence-electron chi connectivity index (χ3n) is 4.72. The zero-order chi connectivity index (χ0) is 19.8. The van der Waals surface area contributed by atoms with Crippen LogP contribution < -0.4 is 10.1 Å². The molecule has 0 spiro atoms. The van der Waals surface area contributed by atoms with Gasteiger partial charge in [-0.2, -0.15) is 0 Å². The molecule has 1 amide bonds. The Morgan fingerprint density at radius 2 is 2.00 bits per heavy atom. The number of carboxylic acids is 1. The quantitative estimate of drug-likeness (QED) is 0.727. The number of aliphatic carboxylic acids is 1. The highest BCUT2D eigenvalue weighted by atomic mass is 16.5. The number of pyridine rings is 1. The predicted octanol–water partition coefficient (Wildman–Crippen LogP) is 2.33. The predicted molar refractivity (Wildman–Crippen MR) is 104 cm³/mol. The molecule has 0 saturated carbocycles. The number of amides is 1. The number of nitrogens with one attached hydrogen (secondary N) is 1. The number of hydrogen-bond acceptors (Lipinski definition) is 5. The molecule has 7 heteroatoms. The van der Waals surface area contributed by atoms with E-state index >= 15 is 0 Å². The van der Waals surface area contributed by atoms with E-state index in [9.17, 15) is 14.7 Å². The van der Waals surface area contributed by atoms with Crippen molar-refractivity contribution in [3.8, 4) is 5.75 Å². The zero-order valence-corrected chi connectivity index (χ0v) is 15.7. The van der Waals surface area contributed by atoms with Gasteiger partial charge >= 0.3 is 5.97 Å². The number of rotatable bonds is 8. The Balaban J connectivity index is 1.59. The molecule has 1 aromatic heterocycles. The van der Waals surface area contributed by atoms with Gasteiger partial charge in [-0.3, -0.25) is 9.78 Å². The average Bonchev–Trinajstić information content (AvgIpc) is 2.73. The van der Waals surface area contributed by atoms with Gasteiger partial charge in [0.25, 0.3) is 5.91 Å². The van der Waals surface area contributed by atoms with Crippen molar-refractivity contribution in [3.63, 3.8) is 0 Å². The van der Waals surface area contributed by atoms with E-state index in [1.165, 1.54) is 6.42 Å². The van der Waals surface area contributed by atoms with Crippen LogP contribution in [-0.4, -0.2) is 52.5 Å². The van der Waals surface area contributed by atoms with E-state index in [0.29, 0.717) is 24.5 Å². The normalized spacial score (nSPS) is 15.6. The van der Waals surface area contributed by atoms with Crippen LogP contribution in [0.4, 0.5) is 0 Å². The fraction of sp³-hybridized carbons (Fsp3) is 0.381.